The molecule has 1 heterocycles. The summed E-state index contributed by atoms with van der Waals surface area (Å²) in [6.45, 7) is 8.49. The summed E-state index contributed by atoms with van der Waals surface area (Å²) in [5, 5.41) is 0. The molecule has 0 fully saturated rings. The summed E-state index contributed by atoms with van der Waals surface area (Å²) >= 11 is 0. The number of hydrogen-bond acceptors (Lipinski definition) is 1. The van der Waals surface area contributed by atoms with Gasteiger partial charge in [0.25, 0.3) is 0 Å². The lowest BCUT2D eigenvalue weighted by Gasteiger charge is -2.17. The van der Waals surface area contributed by atoms with Crippen LogP contribution in [0.1, 0.15) is 35.0 Å². The zero-order valence-corrected chi connectivity index (χ0v) is 15.2. The Labute approximate surface area is 148 Å². The van der Waals surface area contributed by atoms with Crippen molar-refractivity contribution in [1.29, 1.82) is 0 Å². The van der Waals surface area contributed by atoms with E-state index in [0.29, 0.717) is 5.69 Å². The van der Waals surface area contributed by atoms with E-state index in [9.17, 15) is 4.39 Å². The maximum absolute atomic E-state index is 13.8. The highest BCUT2D eigenvalue weighted by atomic mass is 19.1. The van der Waals surface area contributed by atoms with Crippen molar-refractivity contribution >= 4 is 11.9 Å². The summed E-state index contributed by atoms with van der Waals surface area (Å²) in [4.78, 5) is 4.34. The minimum Gasteiger partial charge on any atom is -0.317 e. The second-order valence-corrected chi connectivity index (χ2v) is 6.31. The predicted octanol–water partition coefficient (Wildman–Crippen LogP) is 5.85. The van der Waals surface area contributed by atoms with Crippen LogP contribution in [0.4, 0.5) is 10.1 Å². The first-order chi connectivity index (χ1) is 12.0. The Morgan fingerprint density at radius 3 is 2.52 bits per heavy atom. The van der Waals surface area contributed by atoms with Gasteiger partial charge in [-0.05, 0) is 56.5 Å². The zero-order chi connectivity index (χ0) is 18.0. The lowest BCUT2D eigenvalue weighted by molar-refractivity contribution is 0.630. The summed E-state index contributed by atoms with van der Waals surface area (Å²) in [5.74, 6) is -0.306. The second kappa shape index (κ2) is 7.06. The molecule has 0 saturated carbocycles. The third-order valence-corrected chi connectivity index (χ3v) is 4.59. The summed E-state index contributed by atoms with van der Waals surface area (Å²) in [6.07, 6.45) is 2.73. The molecule has 0 bridgehead atoms. The van der Waals surface area contributed by atoms with Gasteiger partial charge in [0, 0.05) is 23.2 Å². The van der Waals surface area contributed by atoms with Gasteiger partial charge in [0.1, 0.15) is 5.82 Å². The van der Waals surface area contributed by atoms with Crippen LogP contribution in [0, 0.1) is 26.6 Å². The molecule has 0 atom stereocenters. The molecule has 3 aromatic rings. The van der Waals surface area contributed by atoms with Gasteiger partial charge in [-0.3, -0.25) is 4.99 Å². The van der Waals surface area contributed by atoms with Gasteiger partial charge in [-0.25, -0.2) is 4.39 Å². The van der Waals surface area contributed by atoms with Crippen LogP contribution in [0.5, 0.6) is 0 Å². The molecule has 0 unspecified atom stereocenters. The van der Waals surface area contributed by atoms with Crippen molar-refractivity contribution in [2.45, 2.75) is 34.1 Å². The van der Waals surface area contributed by atoms with Gasteiger partial charge in [-0.1, -0.05) is 37.3 Å². The number of aromatic nitrogens is 1. The third kappa shape index (κ3) is 3.27. The van der Waals surface area contributed by atoms with Crippen molar-refractivity contribution < 1.29 is 4.39 Å². The Hall–Kier alpha value is -2.68. The molecule has 2 aromatic carbocycles. The molecule has 0 N–H and O–H groups in total. The zero-order valence-electron chi connectivity index (χ0n) is 15.2. The standard InChI is InChI=1S/C22H23FN2/c1-5-18-10-8-9-15(2)22(18)25-16(3)13-19(17(25)4)14-24-21-12-7-6-11-20(21)23/h6-14H,5H2,1-4H3. The number of nitrogens with zero attached hydrogens (tertiary/aromatic N) is 2. The normalized spacial score (nSPS) is 11.4. The fourth-order valence-corrected chi connectivity index (χ4v) is 3.28. The predicted molar refractivity (Wildman–Crippen MR) is 103 cm³/mol. The van der Waals surface area contributed by atoms with Crippen LogP contribution in [0.15, 0.2) is 53.5 Å². The number of aliphatic imine (C=N–C) groups is 1. The first-order valence-corrected chi connectivity index (χ1v) is 8.59. The van der Waals surface area contributed by atoms with Crippen LogP contribution in [-0.2, 0) is 6.42 Å². The van der Waals surface area contributed by atoms with Gasteiger partial charge in [-0.2, -0.15) is 0 Å². The number of hydrogen-bond donors (Lipinski definition) is 0. The first kappa shape index (κ1) is 17.2. The Morgan fingerprint density at radius 1 is 1.04 bits per heavy atom. The average molecular weight is 334 g/mol. The molecule has 0 aliphatic rings. The summed E-state index contributed by atoms with van der Waals surface area (Å²) < 4.78 is 16.0. The van der Waals surface area contributed by atoms with Crippen LogP contribution < -0.4 is 0 Å². The van der Waals surface area contributed by atoms with Crippen molar-refractivity contribution in [1.82, 2.24) is 4.57 Å². The van der Waals surface area contributed by atoms with E-state index >= 15 is 0 Å². The summed E-state index contributed by atoms with van der Waals surface area (Å²) in [6, 6.07) is 15.1. The van der Waals surface area contributed by atoms with Gasteiger partial charge in [0.2, 0.25) is 0 Å². The second-order valence-electron chi connectivity index (χ2n) is 6.31. The third-order valence-electron chi connectivity index (χ3n) is 4.59. The molecule has 0 aliphatic heterocycles. The molecular weight excluding hydrogens is 311 g/mol. The maximum atomic E-state index is 13.8. The Kier molecular flexibility index (Phi) is 4.84. The first-order valence-electron chi connectivity index (χ1n) is 8.59. The SMILES string of the molecule is CCc1cccc(C)c1-n1c(C)cc(C=Nc2ccccc2F)c1C. The minimum absolute atomic E-state index is 0.306. The Bertz CT molecular complexity index is 935. The van der Waals surface area contributed by atoms with E-state index in [-0.39, 0.29) is 5.82 Å². The molecule has 2 nitrogen and oxygen atoms in total. The van der Waals surface area contributed by atoms with Crippen molar-refractivity contribution in [3.05, 3.63) is 82.4 Å². The number of benzene rings is 2. The highest BCUT2D eigenvalue weighted by molar-refractivity contribution is 5.84. The van der Waals surface area contributed by atoms with E-state index in [1.165, 1.54) is 22.9 Å². The van der Waals surface area contributed by atoms with Crippen LogP contribution in [0.25, 0.3) is 5.69 Å². The highest BCUT2D eigenvalue weighted by Crippen LogP contribution is 2.26. The van der Waals surface area contributed by atoms with E-state index in [4.69, 9.17) is 0 Å². The van der Waals surface area contributed by atoms with Crippen molar-refractivity contribution in [2.24, 2.45) is 4.99 Å². The molecule has 0 aliphatic carbocycles. The lowest BCUT2D eigenvalue weighted by atomic mass is 10.1. The van der Waals surface area contributed by atoms with Gasteiger partial charge in [-0.15, -0.1) is 0 Å². The summed E-state index contributed by atoms with van der Waals surface area (Å²) in [7, 11) is 0. The van der Waals surface area contributed by atoms with E-state index in [0.717, 1.165) is 23.4 Å². The fraction of sp³-hybridized carbons (Fsp3) is 0.227. The fourth-order valence-electron chi connectivity index (χ4n) is 3.28. The smallest absolute Gasteiger partial charge is 0.148 e. The van der Waals surface area contributed by atoms with E-state index in [1.54, 1.807) is 24.4 Å². The number of rotatable bonds is 4. The molecule has 128 valence electrons. The van der Waals surface area contributed by atoms with Crippen LogP contribution >= 0.6 is 0 Å². The van der Waals surface area contributed by atoms with Crippen molar-refractivity contribution in [3.63, 3.8) is 0 Å². The molecule has 0 spiro atoms. The molecule has 0 saturated heterocycles. The van der Waals surface area contributed by atoms with Crippen molar-refractivity contribution in [3.8, 4) is 5.69 Å². The molecule has 1 aromatic heterocycles. The molecule has 3 rings (SSSR count). The molecule has 25 heavy (non-hydrogen) atoms. The summed E-state index contributed by atoms with van der Waals surface area (Å²) in [5.41, 5.74) is 7.44. The Morgan fingerprint density at radius 2 is 1.80 bits per heavy atom. The maximum Gasteiger partial charge on any atom is 0.148 e. The van der Waals surface area contributed by atoms with E-state index in [2.05, 4.69) is 61.5 Å². The van der Waals surface area contributed by atoms with Crippen LogP contribution in [-0.4, -0.2) is 10.8 Å². The van der Waals surface area contributed by atoms with E-state index in [1.807, 2.05) is 0 Å². The van der Waals surface area contributed by atoms with E-state index < -0.39 is 0 Å². The van der Waals surface area contributed by atoms with Gasteiger partial charge >= 0.3 is 0 Å². The van der Waals surface area contributed by atoms with Gasteiger partial charge in [0.15, 0.2) is 0 Å². The van der Waals surface area contributed by atoms with Crippen LogP contribution in [0.3, 0.4) is 0 Å². The topological polar surface area (TPSA) is 17.3 Å². The van der Waals surface area contributed by atoms with Crippen LogP contribution in [0.2, 0.25) is 0 Å². The largest absolute Gasteiger partial charge is 0.317 e. The van der Waals surface area contributed by atoms with Crippen molar-refractivity contribution in [2.75, 3.05) is 0 Å². The quantitative estimate of drug-likeness (QED) is 0.532. The minimum atomic E-state index is -0.306. The molecule has 0 amide bonds. The monoisotopic (exact) mass is 334 g/mol. The molecule has 0 radical (unpaired) electrons. The number of aryl methyl sites for hydroxylation is 3. The van der Waals surface area contributed by atoms with Gasteiger partial charge in [0.05, 0.1) is 11.4 Å². The van der Waals surface area contributed by atoms with Gasteiger partial charge < -0.3 is 4.57 Å². The Balaban J connectivity index is 2.07. The average Bonchev–Trinajstić information content (AvgIpc) is 2.88. The highest BCUT2D eigenvalue weighted by Gasteiger charge is 2.14. The molecule has 3 heteroatoms. The lowest BCUT2D eigenvalue weighted by Crippen LogP contribution is -2.05. The number of halogens is 1. The molecular formula is C22H23FN2. The number of para-hydroxylation sites is 2.